The molecule has 2 aliphatic heterocycles. The van der Waals surface area contributed by atoms with Crippen LogP contribution in [0, 0.1) is 3.57 Å². The van der Waals surface area contributed by atoms with Crippen LogP contribution < -0.4 is 4.90 Å². The van der Waals surface area contributed by atoms with Gasteiger partial charge in [0, 0.05) is 22.1 Å². The van der Waals surface area contributed by atoms with E-state index in [0.717, 1.165) is 14.8 Å². The lowest BCUT2D eigenvalue weighted by Crippen LogP contribution is -2.53. The van der Waals surface area contributed by atoms with E-state index in [9.17, 15) is 14.4 Å². The Morgan fingerprint density at radius 2 is 1.92 bits per heavy atom. The highest BCUT2D eigenvalue weighted by Gasteiger charge is 2.56. The minimum absolute atomic E-state index is 0.151. The first-order valence-corrected chi connectivity index (χ1v) is 8.52. The SMILES string of the molecule is COC(=O)[C@@H]1C[C@@H]2c3cc(I)ccc3N(C(C)=O)[C@@H]2N1C(=O)OC. The summed E-state index contributed by atoms with van der Waals surface area (Å²) in [7, 11) is 2.54. The molecule has 0 saturated carbocycles. The van der Waals surface area contributed by atoms with Gasteiger partial charge in [0.1, 0.15) is 12.2 Å². The molecule has 1 saturated heterocycles. The van der Waals surface area contributed by atoms with Crippen molar-refractivity contribution in [2.45, 2.75) is 31.5 Å². The first-order valence-electron chi connectivity index (χ1n) is 7.44. The highest BCUT2D eigenvalue weighted by Crippen LogP contribution is 2.50. The number of amides is 2. The molecule has 7 nitrogen and oxygen atoms in total. The number of carbonyl (C=O) groups is 3. The standard InChI is InChI=1S/C16H17IN2O5/c1-8(20)18-12-5-4-9(17)6-10(12)11-7-13(15(21)23-2)19(14(11)18)16(22)24-3/h4-6,11,13-14H,7H2,1-3H3/t11-,13+,14-/m1/s1. The number of hydrogen-bond donors (Lipinski definition) is 0. The van der Waals surface area contributed by atoms with Gasteiger partial charge < -0.3 is 9.47 Å². The smallest absolute Gasteiger partial charge is 0.411 e. The van der Waals surface area contributed by atoms with E-state index in [0.29, 0.717) is 6.42 Å². The maximum Gasteiger partial charge on any atom is 0.411 e. The van der Waals surface area contributed by atoms with Gasteiger partial charge in [-0.25, -0.2) is 9.59 Å². The van der Waals surface area contributed by atoms with E-state index < -0.39 is 24.3 Å². The van der Waals surface area contributed by atoms with Crippen molar-refractivity contribution in [3.8, 4) is 0 Å². The van der Waals surface area contributed by atoms with E-state index >= 15 is 0 Å². The molecule has 0 aliphatic carbocycles. The Kier molecular flexibility index (Phi) is 4.41. The first kappa shape index (κ1) is 17.0. The zero-order valence-electron chi connectivity index (χ0n) is 13.5. The lowest BCUT2D eigenvalue weighted by atomic mass is 9.96. The zero-order chi connectivity index (χ0) is 17.6. The fourth-order valence-electron chi connectivity index (χ4n) is 3.67. The summed E-state index contributed by atoms with van der Waals surface area (Å²) in [6.45, 7) is 1.45. The van der Waals surface area contributed by atoms with Crippen molar-refractivity contribution in [1.29, 1.82) is 0 Å². The van der Waals surface area contributed by atoms with Gasteiger partial charge in [0.15, 0.2) is 0 Å². The molecule has 2 aliphatic rings. The van der Waals surface area contributed by atoms with Crippen LogP contribution in [-0.2, 0) is 19.1 Å². The number of ether oxygens (including phenoxy) is 2. The Balaban J connectivity index is 2.13. The number of hydrogen-bond acceptors (Lipinski definition) is 5. The van der Waals surface area contributed by atoms with Crippen molar-refractivity contribution >= 4 is 46.2 Å². The highest BCUT2D eigenvalue weighted by molar-refractivity contribution is 14.1. The Hall–Kier alpha value is -1.84. The summed E-state index contributed by atoms with van der Waals surface area (Å²) in [4.78, 5) is 39.6. The average molecular weight is 444 g/mol. The summed E-state index contributed by atoms with van der Waals surface area (Å²) in [6.07, 6.45) is -0.831. The monoisotopic (exact) mass is 444 g/mol. The van der Waals surface area contributed by atoms with Crippen molar-refractivity contribution in [3.63, 3.8) is 0 Å². The van der Waals surface area contributed by atoms with Crippen LogP contribution >= 0.6 is 22.6 Å². The number of benzene rings is 1. The van der Waals surface area contributed by atoms with Gasteiger partial charge in [-0.1, -0.05) is 0 Å². The quantitative estimate of drug-likeness (QED) is 0.490. The lowest BCUT2D eigenvalue weighted by molar-refractivity contribution is -0.146. The predicted octanol–water partition coefficient (Wildman–Crippen LogP) is 2.08. The minimum Gasteiger partial charge on any atom is -0.467 e. The first-order chi connectivity index (χ1) is 11.4. The predicted molar refractivity (Wildman–Crippen MR) is 93.5 cm³/mol. The number of methoxy groups -OCH3 is 2. The second-order valence-electron chi connectivity index (χ2n) is 5.76. The average Bonchev–Trinajstić information content (AvgIpc) is 3.07. The summed E-state index contributed by atoms with van der Waals surface area (Å²) in [5.74, 6) is -0.850. The van der Waals surface area contributed by atoms with E-state index in [2.05, 4.69) is 22.6 Å². The molecule has 0 unspecified atom stereocenters. The number of esters is 1. The summed E-state index contributed by atoms with van der Waals surface area (Å²) < 4.78 is 10.7. The van der Waals surface area contributed by atoms with Crippen LogP contribution in [0.4, 0.5) is 10.5 Å². The van der Waals surface area contributed by atoms with Crippen LogP contribution in [-0.4, -0.2) is 49.3 Å². The molecule has 3 atom stereocenters. The molecule has 2 amide bonds. The van der Waals surface area contributed by atoms with Gasteiger partial charge in [-0.3, -0.25) is 14.6 Å². The molecular weight excluding hydrogens is 427 g/mol. The van der Waals surface area contributed by atoms with Crippen LogP contribution in [0.15, 0.2) is 18.2 Å². The molecule has 1 aromatic carbocycles. The summed E-state index contributed by atoms with van der Waals surface area (Å²) in [5.41, 5.74) is 1.73. The van der Waals surface area contributed by atoms with Crippen LogP contribution in [0.2, 0.25) is 0 Å². The molecule has 128 valence electrons. The van der Waals surface area contributed by atoms with Gasteiger partial charge in [-0.05, 0) is 52.8 Å². The van der Waals surface area contributed by atoms with Gasteiger partial charge >= 0.3 is 12.1 Å². The molecule has 3 rings (SSSR count). The summed E-state index contributed by atoms with van der Waals surface area (Å²) in [5, 5.41) is 0. The molecule has 0 radical (unpaired) electrons. The van der Waals surface area contributed by atoms with Gasteiger partial charge in [0.25, 0.3) is 0 Å². The third kappa shape index (κ3) is 2.43. The van der Waals surface area contributed by atoms with Crippen LogP contribution in [0.25, 0.3) is 0 Å². The molecule has 0 aromatic heterocycles. The molecule has 1 fully saturated rings. The van der Waals surface area contributed by atoms with Crippen LogP contribution in [0.5, 0.6) is 0 Å². The normalized spacial score (nSPS) is 24.4. The number of rotatable bonds is 1. The maximum absolute atomic E-state index is 12.3. The van der Waals surface area contributed by atoms with Gasteiger partial charge in [0.2, 0.25) is 5.91 Å². The van der Waals surface area contributed by atoms with E-state index in [-0.39, 0.29) is 11.8 Å². The van der Waals surface area contributed by atoms with E-state index in [1.807, 2.05) is 18.2 Å². The third-order valence-corrected chi connectivity index (χ3v) is 5.24. The van der Waals surface area contributed by atoms with Crippen molar-refractivity contribution in [2.24, 2.45) is 0 Å². The highest BCUT2D eigenvalue weighted by atomic mass is 127. The lowest BCUT2D eigenvalue weighted by Gasteiger charge is -2.33. The maximum atomic E-state index is 12.3. The Labute approximate surface area is 153 Å². The van der Waals surface area contributed by atoms with Crippen molar-refractivity contribution in [3.05, 3.63) is 27.3 Å². The van der Waals surface area contributed by atoms with E-state index in [1.165, 1.54) is 26.0 Å². The number of carbonyl (C=O) groups excluding carboxylic acids is 3. The number of fused-ring (bicyclic) bond motifs is 3. The fourth-order valence-corrected chi connectivity index (χ4v) is 4.19. The second kappa shape index (κ2) is 6.23. The molecule has 8 heteroatoms. The zero-order valence-corrected chi connectivity index (χ0v) is 15.6. The fraction of sp³-hybridized carbons (Fsp3) is 0.438. The molecule has 0 bridgehead atoms. The van der Waals surface area contributed by atoms with Crippen molar-refractivity contribution in [2.75, 3.05) is 19.1 Å². The van der Waals surface area contributed by atoms with Crippen LogP contribution in [0.3, 0.4) is 0 Å². The van der Waals surface area contributed by atoms with E-state index in [4.69, 9.17) is 9.47 Å². The van der Waals surface area contributed by atoms with Crippen molar-refractivity contribution in [1.82, 2.24) is 4.90 Å². The number of halogens is 1. The Bertz CT molecular complexity index is 722. The second-order valence-corrected chi connectivity index (χ2v) is 7.01. The topological polar surface area (TPSA) is 76.2 Å². The van der Waals surface area contributed by atoms with Gasteiger partial charge in [-0.15, -0.1) is 0 Å². The number of nitrogens with zero attached hydrogens (tertiary/aromatic N) is 2. The van der Waals surface area contributed by atoms with Crippen LogP contribution in [0.1, 0.15) is 24.8 Å². The number of anilines is 1. The minimum atomic E-state index is -0.773. The molecule has 2 heterocycles. The molecular formula is C16H17IN2O5. The molecule has 24 heavy (non-hydrogen) atoms. The summed E-state index contributed by atoms with van der Waals surface area (Å²) >= 11 is 2.20. The van der Waals surface area contributed by atoms with Crippen molar-refractivity contribution < 1.29 is 23.9 Å². The van der Waals surface area contributed by atoms with Gasteiger partial charge in [-0.2, -0.15) is 0 Å². The number of likely N-dealkylation sites (tertiary alicyclic amines) is 1. The van der Waals surface area contributed by atoms with E-state index in [1.54, 1.807) is 4.90 Å². The summed E-state index contributed by atoms with van der Waals surface area (Å²) in [6, 6.07) is 5.01. The largest absolute Gasteiger partial charge is 0.467 e. The Morgan fingerprint density at radius 3 is 2.50 bits per heavy atom. The molecule has 0 spiro atoms. The Morgan fingerprint density at radius 1 is 1.21 bits per heavy atom. The van der Waals surface area contributed by atoms with Gasteiger partial charge in [0.05, 0.1) is 14.2 Å². The molecule has 0 N–H and O–H groups in total. The third-order valence-electron chi connectivity index (χ3n) is 4.57. The molecule has 1 aromatic rings.